The van der Waals surface area contributed by atoms with E-state index >= 15 is 0 Å². The molecule has 2 aromatic rings. The zero-order valence-corrected chi connectivity index (χ0v) is 11.2. The van der Waals surface area contributed by atoms with Crippen molar-refractivity contribution in [2.24, 2.45) is 0 Å². The van der Waals surface area contributed by atoms with Gasteiger partial charge in [0.15, 0.2) is 0 Å². The predicted octanol–water partition coefficient (Wildman–Crippen LogP) is 2.66. The molecule has 0 saturated carbocycles. The largest absolute Gasteiger partial charge is 0.467 e. The maximum atomic E-state index is 10.8. The molecule has 106 valence electrons. The molecule has 7 heteroatoms. The van der Waals surface area contributed by atoms with E-state index in [1.165, 1.54) is 18.4 Å². The van der Waals surface area contributed by atoms with Crippen LogP contribution in [-0.4, -0.2) is 16.6 Å². The van der Waals surface area contributed by atoms with Gasteiger partial charge in [0.25, 0.3) is 5.69 Å². The fourth-order valence-corrected chi connectivity index (χ4v) is 1.93. The van der Waals surface area contributed by atoms with E-state index in [4.69, 9.17) is 16.0 Å². The highest BCUT2D eigenvalue weighted by atomic mass is 35.5. The van der Waals surface area contributed by atoms with Crippen molar-refractivity contribution >= 4 is 17.3 Å². The molecule has 0 bridgehead atoms. The van der Waals surface area contributed by atoms with Crippen LogP contribution in [0.3, 0.4) is 0 Å². The molecular formula is C13H13ClN2O4. The standard InChI is InChI=1S/C13H13ClN2O4/c14-10-4-3-9(6-11(10)16(18)19)7-15-8-12(17)13-2-1-5-20-13/h1-6,12,15,17H,7-8H2. The second-order valence-electron chi connectivity index (χ2n) is 4.20. The molecule has 6 nitrogen and oxygen atoms in total. The minimum atomic E-state index is -0.757. The van der Waals surface area contributed by atoms with Crippen LogP contribution in [0.15, 0.2) is 41.0 Å². The topological polar surface area (TPSA) is 88.5 Å². The van der Waals surface area contributed by atoms with Crippen LogP contribution in [0.5, 0.6) is 0 Å². The van der Waals surface area contributed by atoms with E-state index in [2.05, 4.69) is 5.32 Å². The highest BCUT2D eigenvalue weighted by Crippen LogP contribution is 2.25. The maximum absolute atomic E-state index is 10.8. The lowest BCUT2D eigenvalue weighted by Crippen LogP contribution is -2.20. The number of aliphatic hydroxyl groups is 1. The molecule has 0 aliphatic heterocycles. The number of nitro benzene ring substituents is 1. The number of furan rings is 1. The quantitative estimate of drug-likeness (QED) is 0.632. The first-order valence-electron chi connectivity index (χ1n) is 5.93. The van der Waals surface area contributed by atoms with E-state index < -0.39 is 11.0 Å². The third kappa shape index (κ3) is 3.57. The Morgan fingerprint density at radius 3 is 2.90 bits per heavy atom. The molecule has 0 aliphatic rings. The number of nitrogens with one attached hydrogen (secondary N) is 1. The van der Waals surface area contributed by atoms with Gasteiger partial charge in [-0.25, -0.2) is 0 Å². The number of nitro groups is 1. The molecule has 1 unspecified atom stereocenters. The molecule has 0 amide bonds. The Morgan fingerprint density at radius 2 is 2.25 bits per heavy atom. The van der Waals surface area contributed by atoms with E-state index in [-0.39, 0.29) is 17.3 Å². The number of benzene rings is 1. The number of nitrogens with zero attached hydrogens (tertiary/aromatic N) is 1. The Bertz CT molecular complexity index is 586. The van der Waals surface area contributed by atoms with Crippen LogP contribution in [0.25, 0.3) is 0 Å². The van der Waals surface area contributed by atoms with Gasteiger partial charge in [-0.05, 0) is 23.8 Å². The van der Waals surface area contributed by atoms with Crippen LogP contribution in [0, 0.1) is 10.1 Å². The van der Waals surface area contributed by atoms with E-state index in [0.29, 0.717) is 17.9 Å². The number of rotatable bonds is 6. The van der Waals surface area contributed by atoms with Crippen LogP contribution in [-0.2, 0) is 6.54 Å². The molecule has 0 saturated heterocycles. The zero-order valence-electron chi connectivity index (χ0n) is 10.5. The van der Waals surface area contributed by atoms with Gasteiger partial charge in [0.05, 0.1) is 11.2 Å². The SMILES string of the molecule is O=[N+]([O-])c1cc(CNCC(O)c2ccco2)ccc1Cl. The van der Waals surface area contributed by atoms with Crippen LogP contribution >= 0.6 is 11.6 Å². The summed E-state index contributed by atoms with van der Waals surface area (Å²) in [5.41, 5.74) is 0.588. The van der Waals surface area contributed by atoms with Crippen molar-refractivity contribution in [1.82, 2.24) is 5.32 Å². The van der Waals surface area contributed by atoms with Gasteiger partial charge in [-0.2, -0.15) is 0 Å². The van der Waals surface area contributed by atoms with Gasteiger partial charge in [0.1, 0.15) is 16.9 Å². The number of hydrogen-bond acceptors (Lipinski definition) is 5. The van der Waals surface area contributed by atoms with Gasteiger partial charge in [-0.1, -0.05) is 17.7 Å². The van der Waals surface area contributed by atoms with Crippen LogP contribution in [0.4, 0.5) is 5.69 Å². The number of halogens is 1. The van der Waals surface area contributed by atoms with Crippen molar-refractivity contribution in [3.63, 3.8) is 0 Å². The summed E-state index contributed by atoms with van der Waals surface area (Å²) in [6.07, 6.45) is 0.730. The van der Waals surface area contributed by atoms with Crippen molar-refractivity contribution in [3.8, 4) is 0 Å². The van der Waals surface area contributed by atoms with E-state index in [9.17, 15) is 15.2 Å². The summed E-state index contributed by atoms with van der Waals surface area (Å²) in [5, 5.41) is 23.7. The minimum Gasteiger partial charge on any atom is -0.467 e. The van der Waals surface area contributed by atoms with Gasteiger partial charge < -0.3 is 14.8 Å². The van der Waals surface area contributed by atoms with Crippen molar-refractivity contribution in [2.75, 3.05) is 6.54 Å². The first kappa shape index (κ1) is 14.5. The molecule has 0 spiro atoms. The molecule has 0 aliphatic carbocycles. The summed E-state index contributed by atoms with van der Waals surface area (Å²) in [7, 11) is 0. The summed E-state index contributed by atoms with van der Waals surface area (Å²) in [6, 6.07) is 7.97. The fraction of sp³-hybridized carbons (Fsp3) is 0.231. The average molecular weight is 297 g/mol. The van der Waals surface area contributed by atoms with Crippen LogP contribution in [0.2, 0.25) is 5.02 Å². The van der Waals surface area contributed by atoms with Gasteiger partial charge in [-0.3, -0.25) is 10.1 Å². The van der Waals surface area contributed by atoms with Crippen molar-refractivity contribution in [2.45, 2.75) is 12.6 Å². The van der Waals surface area contributed by atoms with Gasteiger partial charge >= 0.3 is 0 Å². The predicted molar refractivity (Wildman–Crippen MR) is 73.5 cm³/mol. The molecule has 1 atom stereocenters. The summed E-state index contributed by atoms with van der Waals surface area (Å²) in [4.78, 5) is 10.2. The van der Waals surface area contributed by atoms with Gasteiger partial charge in [0, 0.05) is 19.2 Å². The molecule has 0 radical (unpaired) electrons. The molecule has 20 heavy (non-hydrogen) atoms. The summed E-state index contributed by atoms with van der Waals surface area (Å²) in [5.74, 6) is 0.472. The maximum Gasteiger partial charge on any atom is 0.288 e. The Morgan fingerprint density at radius 1 is 1.45 bits per heavy atom. The van der Waals surface area contributed by atoms with Crippen molar-refractivity contribution in [3.05, 3.63) is 63.1 Å². The Kier molecular flexibility index (Phi) is 4.73. The second kappa shape index (κ2) is 6.51. The first-order valence-corrected chi connectivity index (χ1v) is 6.30. The Labute approximate surface area is 120 Å². The summed E-state index contributed by atoms with van der Waals surface area (Å²) in [6.45, 7) is 0.666. The molecule has 1 heterocycles. The lowest BCUT2D eigenvalue weighted by molar-refractivity contribution is -0.384. The first-order chi connectivity index (χ1) is 9.58. The normalized spacial score (nSPS) is 12.3. The molecule has 2 N–H and O–H groups in total. The highest BCUT2D eigenvalue weighted by Gasteiger charge is 2.13. The molecule has 1 aromatic carbocycles. The van der Waals surface area contributed by atoms with Crippen molar-refractivity contribution < 1.29 is 14.4 Å². The molecular weight excluding hydrogens is 284 g/mol. The second-order valence-corrected chi connectivity index (χ2v) is 4.61. The van der Waals surface area contributed by atoms with E-state index in [1.807, 2.05) is 0 Å². The van der Waals surface area contributed by atoms with Gasteiger partial charge in [-0.15, -0.1) is 0 Å². The van der Waals surface area contributed by atoms with Crippen LogP contribution in [0.1, 0.15) is 17.4 Å². The van der Waals surface area contributed by atoms with Gasteiger partial charge in [0.2, 0.25) is 0 Å². The molecule has 1 aromatic heterocycles. The molecule has 0 fully saturated rings. The minimum absolute atomic E-state index is 0.106. The zero-order chi connectivity index (χ0) is 14.5. The summed E-state index contributed by atoms with van der Waals surface area (Å²) >= 11 is 5.73. The van der Waals surface area contributed by atoms with E-state index in [0.717, 1.165) is 0 Å². The lowest BCUT2D eigenvalue weighted by Gasteiger charge is -2.09. The Balaban J connectivity index is 1.91. The third-order valence-corrected chi connectivity index (χ3v) is 3.07. The van der Waals surface area contributed by atoms with E-state index in [1.54, 1.807) is 18.2 Å². The van der Waals surface area contributed by atoms with Crippen molar-refractivity contribution in [1.29, 1.82) is 0 Å². The van der Waals surface area contributed by atoms with Crippen LogP contribution < -0.4 is 5.32 Å². The monoisotopic (exact) mass is 296 g/mol. The Hall–Kier alpha value is -1.89. The summed E-state index contributed by atoms with van der Waals surface area (Å²) < 4.78 is 5.07. The smallest absolute Gasteiger partial charge is 0.288 e. The number of hydrogen-bond donors (Lipinski definition) is 2. The average Bonchev–Trinajstić information content (AvgIpc) is 2.94. The fourth-order valence-electron chi connectivity index (χ4n) is 1.74. The third-order valence-electron chi connectivity index (χ3n) is 2.75. The highest BCUT2D eigenvalue weighted by molar-refractivity contribution is 6.32. The molecule has 2 rings (SSSR count). The lowest BCUT2D eigenvalue weighted by atomic mass is 10.2. The number of aliphatic hydroxyl groups excluding tert-OH is 1.